The third-order valence-corrected chi connectivity index (χ3v) is 7.05. The SMILES string of the molecule is CCc1nc2c(C)cc(C)nc2n1Cc1ccc(CCCN2CCN(CCN(C)C)CC2)cc1. The maximum Gasteiger partial charge on any atom is 0.160 e. The first-order valence-corrected chi connectivity index (χ1v) is 12.9. The first kappa shape index (κ1) is 24.8. The summed E-state index contributed by atoms with van der Waals surface area (Å²) in [5, 5.41) is 0. The highest BCUT2D eigenvalue weighted by atomic mass is 15.3. The van der Waals surface area contributed by atoms with E-state index in [1.807, 2.05) is 0 Å². The molecule has 1 aliphatic heterocycles. The Morgan fingerprint density at radius 2 is 1.53 bits per heavy atom. The van der Waals surface area contributed by atoms with Gasteiger partial charge in [-0.3, -0.25) is 4.90 Å². The highest BCUT2D eigenvalue weighted by molar-refractivity contribution is 5.76. The maximum atomic E-state index is 4.88. The Balaban J connectivity index is 1.28. The Kier molecular flexibility index (Phi) is 8.35. The number of pyridine rings is 1. The molecule has 1 saturated heterocycles. The molecule has 0 radical (unpaired) electrons. The Morgan fingerprint density at radius 3 is 2.18 bits per heavy atom. The number of likely N-dealkylation sites (N-methyl/N-ethyl adjacent to an activating group) is 1. The lowest BCUT2D eigenvalue weighted by Crippen LogP contribution is -2.48. The minimum atomic E-state index is 0.827. The average molecular weight is 463 g/mol. The van der Waals surface area contributed by atoms with E-state index in [-0.39, 0.29) is 0 Å². The van der Waals surface area contributed by atoms with E-state index in [1.54, 1.807) is 0 Å². The van der Waals surface area contributed by atoms with Crippen LogP contribution >= 0.6 is 0 Å². The van der Waals surface area contributed by atoms with Gasteiger partial charge in [0.15, 0.2) is 5.65 Å². The van der Waals surface area contributed by atoms with Gasteiger partial charge in [0.05, 0.1) is 6.54 Å². The molecule has 184 valence electrons. The molecule has 0 atom stereocenters. The third kappa shape index (κ3) is 6.23. The van der Waals surface area contributed by atoms with E-state index in [0.29, 0.717) is 0 Å². The van der Waals surface area contributed by atoms with Crippen LogP contribution in [0.25, 0.3) is 11.2 Å². The van der Waals surface area contributed by atoms with Gasteiger partial charge in [0.1, 0.15) is 11.3 Å². The van der Waals surface area contributed by atoms with Crippen molar-refractivity contribution in [2.75, 3.05) is 59.9 Å². The molecule has 3 heterocycles. The molecule has 4 rings (SSSR count). The molecule has 34 heavy (non-hydrogen) atoms. The molecule has 6 heteroatoms. The van der Waals surface area contributed by atoms with Gasteiger partial charge in [0, 0.05) is 51.4 Å². The summed E-state index contributed by atoms with van der Waals surface area (Å²) in [6.07, 6.45) is 3.29. The van der Waals surface area contributed by atoms with Gasteiger partial charge in [-0.15, -0.1) is 0 Å². The zero-order valence-electron chi connectivity index (χ0n) is 21.8. The molecule has 0 bridgehead atoms. The van der Waals surface area contributed by atoms with E-state index in [4.69, 9.17) is 9.97 Å². The molecule has 0 N–H and O–H groups in total. The van der Waals surface area contributed by atoms with Crippen molar-refractivity contribution in [2.24, 2.45) is 0 Å². The topological polar surface area (TPSA) is 40.4 Å². The lowest BCUT2D eigenvalue weighted by molar-refractivity contribution is 0.124. The summed E-state index contributed by atoms with van der Waals surface area (Å²) >= 11 is 0. The molecule has 1 aromatic carbocycles. The van der Waals surface area contributed by atoms with E-state index < -0.39 is 0 Å². The second kappa shape index (κ2) is 11.4. The van der Waals surface area contributed by atoms with Gasteiger partial charge in [-0.2, -0.15) is 0 Å². The lowest BCUT2D eigenvalue weighted by atomic mass is 10.1. The van der Waals surface area contributed by atoms with Crippen LogP contribution in [-0.2, 0) is 19.4 Å². The van der Waals surface area contributed by atoms with Crippen LogP contribution in [0.2, 0.25) is 0 Å². The number of rotatable bonds is 10. The number of hydrogen-bond acceptors (Lipinski definition) is 5. The number of hydrogen-bond donors (Lipinski definition) is 0. The van der Waals surface area contributed by atoms with Gasteiger partial charge < -0.3 is 14.4 Å². The number of aryl methyl sites for hydroxylation is 4. The quantitative estimate of drug-likeness (QED) is 0.459. The summed E-state index contributed by atoms with van der Waals surface area (Å²) < 4.78 is 2.29. The maximum absolute atomic E-state index is 4.88. The predicted octanol–water partition coefficient (Wildman–Crippen LogP) is 3.77. The van der Waals surface area contributed by atoms with Crippen LogP contribution in [0.15, 0.2) is 30.3 Å². The van der Waals surface area contributed by atoms with Crippen LogP contribution in [0.3, 0.4) is 0 Å². The van der Waals surface area contributed by atoms with E-state index >= 15 is 0 Å². The molecule has 0 spiro atoms. The number of fused-ring (bicyclic) bond motifs is 1. The summed E-state index contributed by atoms with van der Waals surface area (Å²) in [6, 6.07) is 11.3. The summed E-state index contributed by atoms with van der Waals surface area (Å²) in [4.78, 5) is 17.2. The van der Waals surface area contributed by atoms with Crippen molar-refractivity contribution in [3.8, 4) is 0 Å². The molecule has 1 aliphatic rings. The number of benzene rings is 1. The molecule has 0 amide bonds. The van der Waals surface area contributed by atoms with Crippen LogP contribution in [0, 0.1) is 13.8 Å². The van der Waals surface area contributed by atoms with Crippen LogP contribution in [0.4, 0.5) is 0 Å². The van der Waals surface area contributed by atoms with Crippen molar-refractivity contribution < 1.29 is 0 Å². The number of imidazole rings is 1. The van der Waals surface area contributed by atoms with E-state index in [9.17, 15) is 0 Å². The highest BCUT2D eigenvalue weighted by Gasteiger charge is 2.16. The van der Waals surface area contributed by atoms with Gasteiger partial charge in [-0.25, -0.2) is 9.97 Å². The molecular weight excluding hydrogens is 420 g/mol. The second-order valence-corrected chi connectivity index (χ2v) is 10.1. The number of nitrogens with zero attached hydrogens (tertiary/aromatic N) is 6. The molecule has 2 aromatic heterocycles. The number of piperazine rings is 1. The summed E-state index contributed by atoms with van der Waals surface area (Å²) in [6.45, 7) is 15.6. The molecule has 0 aliphatic carbocycles. The van der Waals surface area contributed by atoms with Gasteiger partial charge in [-0.05, 0) is 70.1 Å². The summed E-state index contributed by atoms with van der Waals surface area (Å²) in [5.41, 5.74) is 7.06. The van der Waals surface area contributed by atoms with Crippen molar-refractivity contribution in [3.63, 3.8) is 0 Å². The normalized spacial score (nSPS) is 15.6. The van der Waals surface area contributed by atoms with E-state index in [0.717, 1.165) is 48.6 Å². The fraction of sp³-hybridized carbons (Fsp3) is 0.571. The molecule has 3 aromatic rings. The third-order valence-electron chi connectivity index (χ3n) is 7.05. The molecule has 6 nitrogen and oxygen atoms in total. The Bertz CT molecular complexity index is 1060. The van der Waals surface area contributed by atoms with Crippen LogP contribution in [0.5, 0.6) is 0 Å². The van der Waals surface area contributed by atoms with Gasteiger partial charge in [0.2, 0.25) is 0 Å². The first-order valence-electron chi connectivity index (χ1n) is 12.9. The lowest BCUT2D eigenvalue weighted by Gasteiger charge is -2.35. The summed E-state index contributed by atoms with van der Waals surface area (Å²) in [7, 11) is 4.31. The average Bonchev–Trinajstić information content (AvgIpc) is 3.17. The van der Waals surface area contributed by atoms with Crippen LogP contribution < -0.4 is 0 Å². The Hall–Kier alpha value is -2.28. The second-order valence-electron chi connectivity index (χ2n) is 10.1. The van der Waals surface area contributed by atoms with Crippen molar-refractivity contribution in [2.45, 2.75) is 46.6 Å². The monoisotopic (exact) mass is 462 g/mol. The minimum absolute atomic E-state index is 0.827. The van der Waals surface area contributed by atoms with Crippen molar-refractivity contribution in [1.29, 1.82) is 0 Å². The zero-order valence-corrected chi connectivity index (χ0v) is 21.8. The van der Waals surface area contributed by atoms with Crippen molar-refractivity contribution >= 4 is 11.2 Å². The summed E-state index contributed by atoms with van der Waals surface area (Å²) in [5.74, 6) is 1.11. The van der Waals surface area contributed by atoms with Crippen molar-refractivity contribution in [3.05, 3.63) is 58.5 Å². The van der Waals surface area contributed by atoms with E-state index in [1.165, 1.54) is 62.4 Å². The van der Waals surface area contributed by atoms with Gasteiger partial charge >= 0.3 is 0 Å². The highest BCUT2D eigenvalue weighted by Crippen LogP contribution is 2.21. The molecule has 0 unspecified atom stereocenters. The smallest absolute Gasteiger partial charge is 0.160 e. The Labute approximate surface area is 205 Å². The van der Waals surface area contributed by atoms with E-state index in [2.05, 4.69) is 84.5 Å². The fourth-order valence-electron chi connectivity index (χ4n) is 4.96. The van der Waals surface area contributed by atoms with Crippen LogP contribution in [0.1, 0.15) is 41.6 Å². The van der Waals surface area contributed by atoms with Crippen LogP contribution in [-0.4, -0.2) is 89.1 Å². The molecular formula is C28H42N6. The number of aromatic nitrogens is 3. The molecule has 1 fully saturated rings. The minimum Gasteiger partial charge on any atom is -0.308 e. The van der Waals surface area contributed by atoms with Gasteiger partial charge in [-0.1, -0.05) is 31.2 Å². The molecule has 0 saturated carbocycles. The predicted molar refractivity (Wildman–Crippen MR) is 142 cm³/mol. The van der Waals surface area contributed by atoms with Crippen molar-refractivity contribution in [1.82, 2.24) is 29.2 Å². The largest absolute Gasteiger partial charge is 0.308 e. The van der Waals surface area contributed by atoms with Gasteiger partial charge in [0.25, 0.3) is 0 Å². The zero-order chi connectivity index (χ0) is 24.1. The first-order chi connectivity index (χ1) is 16.4. The Morgan fingerprint density at radius 1 is 0.882 bits per heavy atom. The standard InChI is InChI=1S/C28H42N6/c1-6-26-30-27-22(2)20-23(3)29-28(27)34(26)21-25-11-9-24(10-12-25)8-7-13-32-16-18-33(19-17-32)15-14-31(4)5/h9-12,20H,6-8,13-19,21H2,1-5H3. The fourth-order valence-corrected chi connectivity index (χ4v) is 4.96.